The minimum Gasteiger partial charge on any atom is -0.368 e. The van der Waals surface area contributed by atoms with Crippen LogP contribution in [0.3, 0.4) is 0 Å². The molecule has 116 valence electrons. The van der Waals surface area contributed by atoms with Gasteiger partial charge in [-0.25, -0.2) is 0 Å². The first-order valence-corrected chi connectivity index (χ1v) is 7.21. The summed E-state index contributed by atoms with van der Waals surface area (Å²) in [7, 11) is 0. The number of piperazine rings is 1. The van der Waals surface area contributed by atoms with Crippen molar-refractivity contribution in [3.8, 4) is 0 Å². The first-order valence-electron chi connectivity index (χ1n) is 6.68. The number of hydrogen-bond donors (Lipinski definition) is 0. The van der Waals surface area contributed by atoms with Crippen molar-refractivity contribution in [3.63, 3.8) is 0 Å². The number of halogens is 4. The number of rotatable bonds is 3. The van der Waals surface area contributed by atoms with Crippen molar-refractivity contribution in [2.24, 2.45) is 0 Å². The highest BCUT2D eigenvalue weighted by atomic mass is 35.5. The number of nitrogens with zero attached hydrogens (tertiary/aromatic N) is 2. The maximum atomic E-state index is 12.7. The Morgan fingerprint density at radius 1 is 1.19 bits per heavy atom. The molecule has 0 radical (unpaired) electrons. The highest BCUT2D eigenvalue weighted by Gasteiger charge is 2.31. The maximum absolute atomic E-state index is 12.7. The number of carbonyl (C=O) groups excluding carboxylic acids is 1. The molecule has 0 spiro atoms. The summed E-state index contributed by atoms with van der Waals surface area (Å²) in [5.41, 5.74) is -0.116. The van der Waals surface area contributed by atoms with Crippen LogP contribution in [0.1, 0.15) is 12.0 Å². The zero-order valence-electron chi connectivity index (χ0n) is 11.4. The summed E-state index contributed by atoms with van der Waals surface area (Å²) in [6, 6.07) is 5.27. The third-order valence-electron chi connectivity index (χ3n) is 3.48. The van der Waals surface area contributed by atoms with Gasteiger partial charge in [-0.15, -0.1) is 11.6 Å². The van der Waals surface area contributed by atoms with Crippen molar-refractivity contribution in [1.29, 1.82) is 0 Å². The van der Waals surface area contributed by atoms with Gasteiger partial charge in [-0.3, -0.25) is 4.79 Å². The van der Waals surface area contributed by atoms with Crippen LogP contribution in [-0.4, -0.2) is 42.9 Å². The number of benzene rings is 1. The number of hydrogen-bond acceptors (Lipinski definition) is 2. The Balaban J connectivity index is 2.01. The van der Waals surface area contributed by atoms with Crippen LogP contribution in [-0.2, 0) is 11.0 Å². The fraction of sp³-hybridized carbons (Fsp3) is 0.500. The molecule has 2 rings (SSSR count). The van der Waals surface area contributed by atoms with E-state index in [4.69, 9.17) is 11.6 Å². The lowest BCUT2D eigenvalue weighted by Gasteiger charge is -2.36. The molecule has 1 aliphatic heterocycles. The summed E-state index contributed by atoms with van der Waals surface area (Å²) in [6.45, 7) is 2.06. The molecule has 21 heavy (non-hydrogen) atoms. The molecule has 0 aliphatic carbocycles. The number of amides is 1. The molecule has 0 N–H and O–H groups in total. The van der Waals surface area contributed by atoms with E-state index in [-0.39, 0.29) is 11.8 Å². The minimum absolute atomic E-state index is 0.00584. The predicted molar refractivity (Wildman–Crippen MR) is 75.6 cm³/mol. The Kier molecular flexibility index (Phi) is 4.98. The van der Waals surface area contributed by atoms with E-state index >= 15 is 0 Å². The van der Waals surface area contributed by atoms with Crippen molar-refractivity contribution >= 4 is 23.2 Å². The topological polar surface area (TPSA) is 23.6 Å². The number of carbonyl (C=O) groups is 1. The highest BCUT2D eigenvalue weighted by Crippen LogP contribution is 2.31. The lowest BCUT2D eigenvalue weighted by Crippen LogP contribution is -2.48. The minimum atomic E-state index is -4.34. The molecule has 1 aliphatic rings. The second-order valence-corrected chi connectivity index (χ2v) is 5.23. The van der Waals surface area contributed by atoms with E-state index in [1.54, 1.807) is 11.0 Å². The third kappa shape index (κ3) is 4.03. The van der Waals surface area contributed by atoms with Gasteiger partial charge in [0.05, 0.1) is 5.56 Å². The Morgan fingerprint density at radius 2 is 1.86 bits per heavy atom. The van der Waals surface area contributed by atoms with Crippen LogP contribution in [0.4, 0.5) is 18.9 Å². The lowest BCUT2D eigenvalue weighted by molar-refractivity contribution is -0.137. The Morgan fingerprint density at radius 3 is 2.43 bits per heavy atom. The van der Waals surface area contributed by atoms with Crippen LogP contribution in [0.25, 0.3) is 0 Å². The standard InChI is InChI=1S/C14H16ClF3N2O/c15-5-4-13(21)20-8-6-19(7-9-20)12-3-1-2-11(10-12)14(16,17)18/h1-3,10H,4-9H2. The van der Waals surface area contributed by atoms with Crippen LogP contribution >= 0.6 is 11.6 Å². The molecule has 1 amide bonds. The second kappa shape index (κ2) is 6.56. The smallest absolute Gasteiger partial charge is 0.368 e. The van der Waals surface area contributed by atoms with Gasteiger partial charge >= 0.3 is 6.18 Å². The van der Waals surface area contributed by atoms with Crippen LogP contribution < -0.4 is 4.90 Å². The summed E-state index contributed by atoms with van der Waals surface area (Å²) < 4.78 is 38.1. The fourth-order valence-electron chi connectivity index (χ4n) is 2.33. The highest BCUT2D eigenvalue weighted by molar-refractivity contribution is 6.18. The van der Waals surface area contributed by atoms with Crippen molar-refractivity contribution in [3.05, 3.63) is 29.8 Å². The second-order valence-electron chi connectivity index (χ2n) is 4.85. The average molecular weight is 321 g/mol. The maximum Gasteiger partial charge on any atom is 0.416 e. The molecule has 1 heterocycles. The van der Waals surface area contributed by atoms with Crippen molar-refractivity contribution in [1.82, 2.24) is 4.90 Å². The monoisotopic (exact) mass is 320 g/mol. The molecule has 0 saturated carbocycles. The number of alkyl halides is 4. The summed E-state index contributed by atoms with van der Waals surface area (Å²) in [5.74, 6) is 0.279. The van der Waals surface area contributed by atoms with Crippen LogP contribution in [0.2, 0.25) is 0 Å². The molecule has 3 nitrogen and oxygen atoms in total. The van der Waals surface area contributed by atoms with Gasteiger partial charge in [0.25, 0.3) is 0 Å². The van der Waals surface area contributed by atoms with Crippen LogP contribution in [0.15, 0.2) is 24.3 Å². The zero-order valence-corrected chi connectivity index (χ0v) is 12.1. The molecule has 7 heteroatoms. The molecule has 0 atom stereocenters. The van der Waals surface area contributed by atoms with Crippen molar-refractivity contribution in [2.45, 2.75) is 12.6 Å². The van der Waals surface area contributed by atoms with Gasteiger partial charge in [-0.1, -0.05) is 6.07 Å². The Bertz CT molecular complexity index is 499. The van der Waals surface area contributed by atoms with E-state index in [0.29, 0.717) is 38.3 Å². The molecule has 0 bridgehead atoms. The molecule has 1 aromatic carbocycles. The summed E-state index contributed by atoms with van der Waals surface area (Å²) >= 11 is 5.54. The van der Waals surface area contributed by atoms with Crippen LogP contribution in [0, 0.1) is 0 Å². The average Bonchev–Trinajstić information content (AvgIpc) is 2.47. The van der Waals surface area contributed by atoms with E-state index in [1.807, 2.05) is 4.90 Å². The molecule has 1 fully saturated rings. The van der Waals surface area contributed by atoms with Gasteiger partial charge in [0, 0.05) is 44.2 Å². The first-order chi connectivity index (χ1) is 9.91. The summed E-state index contributed by atoms with van der Waals surface area (Å²) in [5, 5.41) is 0. The molecule has 1 aromatic rings. The molecule has 1 saturated heterocycles. The SMILES string of the molecule is O=C(CCCl)N1CCN(c2cccc(C(F)(F)F)c2)CC1. The zero-order chi connectivity index (χ0) is 15.5. The van der Waals surface area contributed by atoms with E-state index in [2.05, 4.69) is 0 Å². The summed E-state index contributed by atoms with van der Waals surface area (Å²) in [4.78, 5) is 15.3. The van der Waals surface area contributed by atoms with Gasteiger partial charge in [-0.2, -0.15) is 13.2 Å². The normalized spacial score (nSPS) is 16.2. The van der Waals surface area contributed by atoms with Gasteiger partial charge in [0.15, 0.2) is 0 Å². The Hall–Kier alpha value is -1.43. The van der Waals surface area contributed by atoms with E-state index in [1.165, 1.54) is 6.07 Å². The van der Waals surface area contributed by atoms with Crippen molar-refractivity contribution in [2.75, 3.05) is 37.0 Å². The largest absolute Gasteiger partial charge is 0.416 e. The third-order valence-corrected chi connectivity index (χ3v) is 3.67. The van der Waals surface area contributed by atoms with E-state index < -0.39 is 11.7 Å². The fourth-order valence-corrected chi connectivity index (χ4v) is 2.49. The molecule has 0 unspecified atom stereocenters. The first kappa shape index (κ1) is 15.9. The number of anilines is 1. The van der Waals surface area contributed by atoms with E-state index in [9.17, 15) is 18.0 Å². The quantitative estimate of drug-likeness (QED) is 0.799. The predicted octanol–water partition coefficient (Wildman–Crippen LogP) is 2.98. The van der Waals surface area contributed by atoms with Gasteiger partial charge in [0.1, 0.15) is 0 Å². The van der Waals surface area contributed by atoms with Crippen LogP contribution in [0.5, 0.6) is 0 Å². The molecular formula is C14H16ClF3N2O. The summed E-state index contributed by atoms with van der Waals surface area (Å²) in [6.07, 6.45) is -4.04. The Labute approximate surface area is 126 Å². The molecule has 0 aromatic heterocycles. The van der Waals surface area contributed by atoms with Gasteiger partial charge < -0.3 is 9.80 Å². The van der Waals surface area contributed by atoms with E-state index in [0.717, 1.165) is 12.1 Å². The lowest BCUT2D eigenvalue weighted by atomic mass is 10.1. The van der Waals surface area contributed by atoms with Gasteiger partial charge in [0.2, 0.25) is 5.91 Å². The van der Waals surface area contributed by atoms with Crippen molar-refractivity contribution < 1.29 is 18.0 Å². The van der Waals surface area contributed by atoms with Gasteiger partial charge in [-0.05, 0) is 18.2 Å². The molecular weight excluding hydrogens is 305 g/mol.